The molecule has 0 aromatic heterocycles. The highest BCUT2D eigenvalue weighted by atomic mass is 35.5. The summed E-state index contributed by atoms with van der Waals surface area (Å²) in [5.41, 5.74) is 0.369. The number of alkyl halides is 1. The van der Waals surface area contributed by atoms with Crippen molar-refractivity contribution in [2.75, 3.05) is 5.88 Å². The van der Waals surface area contributed by atoms with E-state index in [-0.39, 0.29) is 34.4 Å². The number of rotatable bonds is 7. The van der Waals surface area contributed by atoms with Crippen LogP contribution >= 0.6 is 34.8 Å². The number of ketones is 1. The molecule has 9 heteroatoms. The number of benzene rings is 2. The Bertz CT molecular complexity index is 1150. The van der Waals surface area contributed by atoms with Gasteiger partial charge in [-0.3, -0.25) is 19.2 Å². The lowest BCUT2D eigenvalue weighted by Gasteiger charge is -2.36. The van der Waals surface area contributed by atoms with Crippen LogP contribution < -0.4 is 0 Å². The topological polar surface area (TPSA) is 74.8 Å². The van der Waals surface area contributed by atoms with Crippen LogP contribution in [0.4, 0.5) is 0 Å². The van der Waals surface area contributed by atoms with E-state index < -0.39 is 41.4 Å². The van der Waals surface area contributed by atoms with Crippen LogP contribution in [0, 0.1) is 17.8 Å². The van der Waals surface area contributed by atoms with Crippen molar-refractivity contribution in [2.45, 2.75) is 38.6 Å². The zero-order valence-electron chi connectivity index (χ0n) is 19.1. The predicted octanol–water partition coefficient (Wildman–Crippen LogP) is 5.65. The third-order valence-corrected chi connectivity index (χ3v) is 7.60. The molecule has 35 heavy (non-hydrogen) atoms. The van der Waals surface area contributed by atoms with E-state index in [1.54, 1.807) is 42.5 Å². The molecule has 6 nitrogen and oxygen atoms in total. The molecule has 0 bridgehead atoms. The number of hydrogen-bond donors (Lipinski definition) is 0. The molecule has 0 N–H and O–H groups in total. The van der Waals surface area contributed by atoms with Gasteiger partial charge in [-0.05, 0) is 68.0 Å². The molecule has 0 spiro atoms. The summed E-state index contributed by atoms with van der Waals surface area (Å²) in [7, 11) is 0. The molecule has 184 valence electrons. The van der Waals surface area contributed by atoms with Crippen molar-refractivity contribution in [1.82, 2.24) is 10.0 Å². The second-order valence-electron chi connectivity index (χ2n) is 9.11. The minimum Gasteiger partial charge on any atom is -0.292 e. The molecule has 4 atom stereocenters. The number of Topliss-reactive ketones (excluding diaryl/α,β-unsaturated/α-hetero) is 1. The zero-order chi connectivity index (χ0) is 25.3. The van der Waals surface area contributed by atoms with Crippen molar-refractivity contribution >= 4 is 58.3 Å². The first-order valence-corrected chi connectivity index (χ1v) is 12.8. The maximum atomic E-state index is 13.9. The Hall–Kier alpha value is -2.41. The van der Waals surface area contributed by atoms with Gasteiger partial charge >= 0.3 is 0 Å². The lowest BCUT2D eigenvalue weighted by Crippen LogP contribution is -2.57. The average Bonchev–Trinajstić information content (AvgIpc) is 3.08. The number of amides is 3. The zero-order valence-corrected chi connectivity index (χ0v) is 21.4. The number of halogens is 3. The van der Waals surface area contributed by atoms with Crippen molar-refractivity contribution in [2.24, 2.45) is 17.8 Å². The Kier molecular flexibility index (Phi) is 7.84. The Morgan fingerprint density at radius 2 is 1.66 bits per heavy atom. The second kappa shape index (κ2) is 10.7. The molecule has 3 amide bonds. The number of hydrogen-bond acceptors (Lipinski definition) is 4. The van der Waals surface area contributed by atoms with E-state index in [9.17, 15) is 19.2 Å². The molecule has 0 radical (unpaired) electrons. The molecule has 2 aliphatic rings. The maximum Gasteiger partial charge on any atom is 0.275 e. The highest BCUT2D eigenvalue weighted by Crippen LogP contribution is 2.42. The van der Waals surface area contributed by atoms with Gasteiger partial charge in [-0.25, -0.2) is 5.01 Å². The van der Waals surface area contributed by atoms with Crippen molar-refractivity contribution in [3.63, 3.8) is 0 Å². The highest BCUT2D eigenvalue weighted by Gasteiger charge is 2.54. The Morgan fingerprint density at radius 1 is 1.00 bits per heavy atom. The van der Waals surface area contributed by atoms with Gasteiger partial charge in [0, 0.05) is 16.5 Å². The van der Waals surface area contributed by atoms with Gasteiger partial charge in [0.15, 0.2) is 5.78 Å². The molecular formula is C26H25Cl3N2O4. The van der Waals surface area contributed by atoms with Gasteiger partial charge in [0.1, 0.15) is 6.04 Å². The smallest absolute Gasteiger partial charge is 0.275 e. The van der Waals surface area contributed by atoms with Gasteiger partial charge in [-0.2, -0.15) is 5.01 Å². The number of nitrogens with zero attached hydrogens (tertiary/aromatic N) is 2. The fourth-order valence-corrected chi connectivity index (χ4v) is 5.54. The van der Waals surface area contributed by atoms with Crippen molar-refractivity contribution in [3.05, 3.63) is 69.7 Å². The summed E-state index contributed by atoms with van der Waals surface area (Å²) >= 11 is 18.4. The molecule has 2 aromatic carbocycles. The summed E-state index contributed by atoms with van der Waals surface area (Å²) in [6.07, 6.45) is 1.97. The lowest BCUT2D eigenvalue weighted by atomic mass is 9.76. The van der Waals surface area contributed by atoms with Crippen LogP contribution in [0.5, 0.6) is 0 Å². The van der Waals surface area contributed by atoms with Crippen LogP contribution in [0.15, 0.2) is 48.5 Å². The van der Waals surface area contributed by atoms with E-state index in [1.807, 2.05) is 6.92 Å². The molecular weight excluding hydrogens is 511 g/mol. The van der Waals surface area contributed by atoms with Gasteiger partial charge in [-0.15, -0.1) is 11.6 Å². The molecule has 1 saturated heterocycles. The lowest BCUT2D eigenvalue weighted by molar-refractivity contribution is -0.156. The Morgan fingerprint density at radius 3 is 2.31 bits per heavy atom. The summed E-state index contributed by atoms with van der Waals surface area (Å²) in [5, 5.41) is 2.48. The average molecular weight is 536 g/mol. The third kappa shape index (κ3) is 4.97. The van der Waals surface area contributed by atoms with Gasteiger partial charge in [-0.1, -0.05) is 42.3 Å². The van der Waals surface area contributed by atoms with E-state index in [4.69, 9.17) is 34.8 Å². The molecule has 1 aliphatic carbocycles. The number of carbonyl (C=O) groups excluding carboxylic acids is 4. The van der Waals surface area contributed by atoms with E-state index in [2.05, 4.69) is 0 Å². The molecule has 2 aromatic rings. The predicted molar refractivity (Wildman–Crippen MR) is 134 cm³/mol. The number of fused-ring (bicyclic) bond motifs is 1. The first-order valence-electron chi connectivity index (χ1n) is 11.6. The van der Waals surface area contributed by atoms with Gasteiger partial charge in [0.2, 0.25) is 0 Å². The molecule has 1 saturated carbocycles. The summed E-state index contributed by atoms with van der Waals surface area (Å²) in [6, 6.07) is 11.4. The third-order valence-electron chi connectivity index (χ3n) is 6.80. The summed E-state index contributed by atoms with van der Waals surface area (Å²) in [4.78, 5) is 54.7. The summed E-state index contributed by atoms with van der Waals surface area (Å²) < 4.78 is 0. The molecule has 1 aliphatic heterocycles. The quantitative estimate of drug-likeness (QED) is 0.261. The first-order chi connectivity index (χ1) is 16.7. The number of carbonyl (C=O) groups is 4. The van der Waals surface area contributed by atoms with Crippen LogP contribution in [0.1, 0.15) is 53.3 Å². The fraction of sp³-hybridized carbons (Fsp3) is 0.385. The van der Waals surface area contributed by atoms with Crippen molar-refractivity contribution < 1.29 is 19.2 Å². The molecule has 1 heterocycles. The monoisotopic (exact) mass is 534 g/mol. The van der Waals surface area contributed by atoms with Crippen LogP contribution in [-0.2, 0) is 9.59 Å². The molecule has 0 unspecified atom stereocenters. The van der Waals surface area contributed by atoms with E-state index in [1.165, 1.54) is 6.07 Å². The molecule has 4 rings (SSSR count). The maximum absolute atomic E-state index is 13.9. The van der Waals surface area contributed by atoms with Gasteiger partial charge < -0.3 is 0 Å². The fourth-order valence-electron chi connectivity index (χ4n) is 4.99. The largest absolute Gasteiger partial charge is 0.292 e. The SMILES string of the molecule is C[C@@H]1CC[C@@H]2C(=O)N(N(C(=O)c3ccccc3Cl)[C@@H](CCCl)C(=O)c3ccc(Cl)cc3)C(=O)[C@H]2C1. The van der Waals surface area contributed by atoms with E-state index in [0.29, 0.717) is 17.9 Å². The molecule has 2 fully saturated rings. The van der Waals surface area contributed by atoms with Crippen LogP contribution in [-0.4, -0.2) is 45.4 Å². The summed E-state index contributed by atoms with van der Waals surface area (Å²) in [5.74, 6) is -2.80. The normalized spacial score (nSPS) is 22.6. The standard InChI is InChI=1S/C26H25Cl3N2O4/c1-15-6-11-18-20(14-15)26(35)31(24(18)33)30(25(34)19-4-2-3-5-21(19)29)22(12-13-27)23(32)16-7-9-17(28)10-8-16/h2-5,7-10,15,18,20,22H,6,11-14H2,1H3/t15-,18+,20+,22+/m1/s1. The van der Waals surface area contributed by atoms with Gasteiger partial charge in [0.25, 0.3) is 17.7 Å². The number of hydrazine groups is 1. The van der Waals surface area contributed by atoms with Crippen LogP contribution in [0.3, 0.4) is 0 Å². The van der Waals surface area contributed by atoms with Crippen molar-refractivity contribution in [3.8, 4) is 0 Å². The van der Waals surface area contributed by atoms with Crippen molar-refractivity contribution in [1.29, 1.82) is 0 Å². The number of imide groups is 1. The Balaban J connectivity index is 1.82. The first kappa shape index (κ1) is 25.7. The van der Waals surface area contributed by atoms with Gasteiger partial charge in [0.05, 0.1) is 22.4 Å². The van der Waals surface area contributed by atoms with Crippen LogP contribution in [0.2, 0.25) is 10.0 Å². The Labute approximate surface area is 219 Å². The summed E-state index contributed by atoms with van der Waals surface area (Å²) in [6.45, 7) is 2.05. The van der Waals surface area contributed by atoms with E-state index >= 15 is 0 Å². The van der Waals surface area contributed by atoms with E-state index in [0.717, 1.165) is 16.4 Å². The highest BCUT2D eigenvalue weighted by molar-refractivity contribution is 6.34. The second-order valence-corrected chi connectivity index (χ2v) is 10.3. The minimum atomic E-state index is -1.19. The van der Waals surface area contributed by atoms with Crippen LogP contribution in [0.25, 0.3) is 0 Å². The minimum absolute atomic E-state index is 0.0242.